The first kappa shape index (κ1) is 14.6. The molecule has 0 bridgehead atoms. The summed E-state index contributed by atoms with van der Waals surface area (Å²) in [5.41, 5.74) is 7.04. The van der Waals surface area contributed by atoms with E-state index >= 15 is 0 Å². The number of rotatable bonds is 5. The van der Waals surface area contributed by atoms with Crippen LogP contribution >= 0.6 is 0 Å². The summed E-state index contributed by atoms with van der Waals surface area (Å²) < 4.78 is 0. The van der Waals surface area contributed by atoms with Crippen LogP contribution in [0.1, 0.15) is 69.2 Å². The molecule has 0 aromatic carbocycles. The molecule has 3 rings (SSSR count). The van der Waals surface area contributed by atoms with Crippen LogP contribution in [0.5, 0.6) is 0 Å². The van der Waals surface area contributed by atoms with Gasteiger partial charge >= 0.3 is 0 Å². The van der Waals surface area contributed by atoms with E-state index in [1.807, 2.05) is 6.92 Å². The molecule has 1 aromatic rings. The number of nitrogens with two attached hydrogens (primary N) is 1. The van der Waals surface area contributed by atoms with E-state index in [1.54, 1.807) is 0 Å². The molecule has 0 atom stereocenters. The van der Waals surface area contributed by atoms with Crippen LogP contribution in [0.25, 0.3) is 0 Å². The highest BCUT2D eigenvalue weighted by Crippen LogP contribution is 2.39. The maximum Gasteiger partial charge on any atom is 0.136 e. The molecule has 0 spiro atoms. The van der Waals surface area contributed by atoms with Crippen LogP contribution in [0.3, 0.4) is 0 Å². The lowest BCUT2D eigenvalue weighted by Gasteiger charge is -2.28. The van der Waals surface area contributed by atoms with Gasteiger partial charge in [0, 0.05) is 18.0 Å². The van der Waals surface area contributed by atoms with Crippen LogP contribution in [0, 0.1) is 18.8 Å². The van der Waals surface area contributed by atoms with E-state index in [0.717, 1.165) is 35.6 Å². The fraction of sp³-hybridized carbons (Fsp3) is 0.765. The maximum atomic E-state index is 6.04. The number of aromatic nitrogens is 2. The Balaban J connectivity index is 1.60. The van der Waals surface area contributed by atoms with Crippen LogP contribution < -0.4 is 11.1 Å². The van der Waals surface area contributed by atoms with E-state index in [-0.39, 0.29) is 0 Å². The number of nitrogen functional groups attached to an aromatic ring is 1. The Morgan fingerprint density at radius 2 is 1.71 bits per heavy atom. The Morgan fingerprint density at radius 1 is 1.05 bits per heavy atom. The summed E-state index contributed by atoms with van der Waals surface area (Å²) in [5, 5.41) is 3.55. The van der Waals surface area contributed by atoms with Crippen molar-refractivity contribution in [3.8, 4) is 0 Å². The first-order valence-electron chi connectivity index (χ1n) is 8.55. The Labute approximate surface area is 127 Å². The molecule has 2 aliphatic rings. The zero-order valence-corrected chi connectivity index (χ0v) is 13.4. The number of nitrogens with zero attached hydrogens (tertiary/aromatic N) is 2. The van der Waals surface area contributed by atoms with Crippen molar-refractivity contribution in [1.29, 1.82) is 0 Å². The predicted molar refractivity (Wildman–Crippen MR) is 87.4 cm³/mol. The van der Waals surface area contributed by atoms with Crippen molar-refractivity contribution in [2.45, 2.75) is 64.7 Å². The molecule has 0 amide bonds. The summed E-state index contributed by atoms with van der Waals surface area (Å²) in [5.74, 6) is 4.83. The van der Waals surface area contributed by atoms with Crippen molar-refractivity contribution in [2.24, 2.45) is 11.8 Å². The SMILES string of the molecule is CCC1CCC(CNc2nc(C3CC3)nc(N)c2C)CC1. The average Bonchev–Trinajstić information content (AvgIpc) is 3.34. The second kappa shape index (κ2) is 6.20. The molecule has 116 valence electrons. The molecule has 0 unspecified atom stereocenters. The minimum Gasteiger partial charge on any atom is -0.383 e. The monoisotopic (exact) mass is 288 g/mol. The molecule has 0 radical (unpaired) electrons. The van der Waals surface area contributed by atoms with Gasteiger partial charge in [-0.25, -0.2) is 9.97 Å². The Kier molecular flexibility index (Phi) is 4.32. The summed E-state index contributed by atoms with van der Waals surface area (Å²) >= 11 is 0. The molecule has 2 fully saturated rings. The van der Waals surface area contributed by atoms with Gasteiger partial charge in [-0.1, -0.05) is 26.2 Å². The Morgan fingerprint density at radius 3 is 2.33 bits per heavy atom. The molecule has 1 heterocycles. The summed E-state index contributed by atoms with van der Waals surface area (Å²) in [6.45, 7) is 5.36. The second-order valence-corrected chi connectivity index (χ2v) is 6.89. The molecule has 21 heavy (non-hydrogen) atoms. The first-order chi connectivity index (χ1) is 10.2. The largest absolute Gasteiger partial charge is 0.383 e. The van der Waals surface area contributed by atoms with Gasteiger partial charge in [0.1, 0.15) is 17.5 Å². The minimum absolute atomic E-state index is 0.549. The Hall–Kier alpha value is -1.32. The van der Waals surface area contributed by atoms with Crippen molar-refractivity contribution >= 4 is 11.6 Å². The van der Waals surface area contributed by atoms with Gasteiger partial charge < -0.3 is 11.1 Å². The molecule has 4 nitrogen and oxygen atoms in total. The average molecular weight is 288 g/mol. The third kappa shape index (κ3) is 3.47. The van der Waals surface area contributed by atoms with Crippen LogP contribution in [-0.4, -0.2) is 16.5 Å². The van der Waals surface area contributed by atoms with Gasteiger partial charge in [-0.2, -0.15) is 0 Å². The molecular formula is C17H28N4. The van der Waals surface area contributed by atoms with Gasteiger partial charge in [0.2, 0.25) is 0 Å². The molecular weight excluding hydrogens is 260 g/mol. The van der Waals surface area contributed by atoms with Crippen molar-refractivity contribution in [3.63, 3.8) is 0 Å². The highest BCUT2D eigenvalue weighted by atomic mass is 15.1. The zero-order chi connectivity index (χ0) is 14.8. The van der Waals surface area contributed by atoms with Crippen molar-refractivity contribution in [3.05, 3.63) is 11.4 Å². The zero-order valence-electron chi connectivity index (χ0n) is 13.4. The summed E-state index contributed by atoms with van der Waals surface area (Å²) in [6, 6.07) is 0. The van der Waals surface area contributed by atoms with E-state index < -0.39 is 0 Å². The molecule has 1 aromatic heterocycles. The molecule has 4 heteroatoms. The minimum atomic E-state index is 0.549. The highest BCUT2D eigenvalue weighted by molar-refractivity contribution is 5.55. The number of hydrogen-bond donors (Lipinski definition) is 2. The van der Waals surface area contributed by atoms with Gasteiger partial charge in [-0.15, -0.1) is 0 Å². The van der Waals surface area contributed by atoms with Crippen LogP contribution in [0.4, 0.5) is 11.6 Å². The molecule has 3 N–H and O–H groups in total. The van der Waals surface area contributed by atoms with Crippen LogP contribution in [-0.2, 0) is 0 Å². The molecule has 0 aliphatic heterocycles. The van der Waals surface area contributed by atoms with Crippen LogP contribution in [0.15, 0.2) is 0 Å². The van der Waals surface area contributed by atoms with Gasteiger partial charge in [0.25, 0.3) is 0 Å². The quantitative estimate of drug-likeness (QED) is 0.863. The number of hydrogen-bond acceptors (Lipinski definition) is 4. The van der Waals surface area contributed by atoms with E-state index in [9.17, 15) is 0 Å². The van der Waals surface area contributed by atoms with Crippen LogP contribution in [0.2, 0.25) is 0 Å². The molecule has 0 saturated heterocycles. The van der Waals surface area contributed by atoms with Crippen molar-refractivity contribution < 1.29 is 0 Å². The van der Waals surface area contributed by atoms with Gasteiger partial charge in [-0.05, 0) is 44.4 Å². The predicted octanol–water partition coefficient (Wildman–Crippen LogP) is 3.87. The van der Waals surface area contributed by atoms with E-state index in [4.69, 9.17) is 10.7 Å². The normalized spacial score (nSPS) is 25.8. The lowest BCUT2D eigenvalue weighted by molar-refractivity contribution is 0.278. The summed E-state index contributed by atoms with van der Waals surface area (Å²) in [4.78, 5) is 9.15. The standard InChI is InChI=1S/C17H28N4/c1-3-12-4-6-13(7-5-12)10-19-16-11(2)15(18)20-17(21-16)14-8-9-14/h12-14H,3-10H2,1-2H3,(H3,18,19,20,21). The van der Waals surface area contributed by atoms with Gasteiger partial charge in [0.15, 0.2) is 0 Å². The first-order valence-corrected chi connectivity index (χ1v) is 8.55. The van der Waals surface area contributed by atoms with Gasteiger partial charge in [0.05, 0.1) is 0 Å². The highest BCUT2D eigenvalue weighted by Gasteiger charge is 2.28. The van der Waals surface area contributed by atoms with Gasteiger partial charge in [-0.3, -0.25) is 0 Å². The third-order valence-corrected chi connectivity index (χ3v) is 5.25. The second-order valence-electron chi connectivity index (χ2n) is 6.89. The van der Waals surface area contributed by atoms with Crippen molar-refractivity contribution in [2.75, 3.05) is 17.6 Å². The maximum absolute atomic E-state index is 6.04. The fourth-order valence-electron chi connectivity index (χ4n) is 3.33. The summed E-state index contributed by atoms with van der Waals surface area (Å²) in [7, 11) is 0. The number of anilines is 2. The fourth-order valence-corrected chi connectivity index (χ4v) is 3.33. The molecule has 2 saturated carbocycles. The third-order valence-electron chi connectivity index (χ3n) is 5.25. The van der Waals surface area contributed by atoms with Crippen molar-refractivity contribution in [1.82, 2.24) is 9.97 Å². The topological polar surface area (TPSA) is 63.8 Å². The lowest BCUT2D eigenvalue weighted by Crippen LogP contribution is -2.22. The molecule has 2 aliphatic carbocycles. The Bertz CT molecular complexity index is 488. The lowest BCUT2D eigenvalue weighted by atomic mass is 9.81. The number of nitrogens with one attached hydrogen (secondary N) is 1. The summed E-state index contributed by atoms with van der Waals surface area (Å²) in [6.07, 6.45) is 9.24. The van der Waals surface area contributed by atoms with E-state index in [1.165, 1.54) is 44.9 Å². The smallest absolute Gasteiger partial charge is 0.136 e. The van der Waals surface area contributed by atoms with E-state index in [0.29, 0.717) is 11.7 Å². The van der Waals surface area contributed by atoms with E-state index in [2.05, 4.69) is 17.2 Å².